The van der Waals surface area contributed by atoms with Crippen LogP contribution in [0.1, 0.15) is 36.5 Å². The van der Waals surface area contributed by atoms with Crippen LogP contribution in [0.3, 0.4) is 0 Å². The van der Waals surface area contributed by atoms with Gasteiger partial charge in [0.25, 0.3) is 5.91 Å². The van der Waals surface area contributed by atoms with E-state index in [1.54, 1.807) is 0 Å². The Morgan fingerprint density at radius 3 is 2.40 bits per heavy atom. The smallest absolute Gasteiger partial charge is 0.348 e. The molecular weight excluding hydrogens is 337 g/mol. The molecule has 0 saturated carbocycles. The van der Waals surface area contributed by atoms with Crippen LogP contribution in [0, 0.1) is 5.92 Å². The van der Waals surface area contributed by atoms with Gasteiger partial charge in [-0.25, -0.2) is 0 Å². The van der Waals surface area contributed by atoms with Gasteiger partial charge in [-0.15, -0.1) is 0 Å². The lowest BCUT2D eigenvalue weighted by atomic mass is 10.0. The first-order valence-corrected chi connectivity index (χ1v) is 7.73. The first kappa shape index (κ1) is 18.9. The molecule has 25 heavy (non-hydrogen) atoms. The molecule has 6 nitrogen and oxygen atoms in total. The van der Waals surface area contributed by atoms with Crippen molar-refractivity contribution in [1.82, 2.24) is 15.5 Å². The van der Waals surface area contributed by atoms with Crippen molar-refractivity contribution >= 4 is 5.91 Å². The second-order valence-corrected chi connectivity index (χ2v) is 6.03. The molecule has 136 valence electrons. The predicted molar refractivity (Wildman–Crippen MR) is 84.5 cm³/mol. The van der Waals surface area contributed by atoms with Gasteiger partial charge >= 0.3 is 12.1 Å². The molecule has 0 aliphatic rings. The number of benzene rings is 1. The molecule has 0 unspecified atom stereocenters. The first-order valence-electron chi connectivity index (χ1n) is 7.73. The molecular formula is C16H19F3N4O2. The Morgan fingerprint density at radius 2 is 1.92 bits per heavy atom. The minimum atomic E-state index is -4.70. The Kier molecular flexibility index (Phi) is 5.78. The third-order valence-corrected chi connectivity index (χ3v) is 3.45. The van der Waals surface area contributed by atoms with E-state index in [0.29, 0.717) is 23.6 Å². The number of amides is 1. The average Bonchev–Trinajstić information content (AvgIpc) is 3.04. The standard InChI is InChI=1S/C16H19F3N4O2/c1-9(2)7-12(8-20)21-14(24)11-5-3-10(4-6-11)13-22-15(25-23-13)16(17,18)19/h3-6,9,12H,7-8,20H2,1-2H3,(H,21,24)/t12-/m1/s1. The number of rotatable bonds is 6. The predicted octanol–water partition coefficient (Wildman–Crippen LogP) is 2.86. The third-order valence-electron chi connectivity index (χ3n) is 3.45. The van der Waals surface area contributed by atoms with E-state index in [0.717, 1.165) is 6.42 Å². The normalized spacial score (nSPS) is 13.1. The van der Waals surface area contributed by atoms with E-state index >= 15 is 0 Å². The molecule has 0 aliphatic carbocycles. The van der Waals surface area contributed by atoms with E-state index in [2.05, 4.69) is 20.0 Å². The average molecular weight is 356 g/mol. The van der Waals surface area contributed by atoms with Gasteiger partial charge in [0.1, 0.15) is 0 Å². The molecule has 0 bridgehead atoms. The highest BCUT2D eigenvalue weighted by atomic mass is 19.4. The van der Waals surface area contributed by atoms with Crippen LogP contribution in [-0.2, 0) is 6.18 Å². The molecule has 0 saturated heterocycles. The molecule has 0 spiro atoms. The van der Waals surface area contributed by atoms with E-state index in [1.807, 2.05) is 13.8 Å². The number of carbonyl (C=O) groups is 1. The Balaban J connectivity index is 2.09. The SMILES string of the molecule is CC(C)C[C@H](CN)NC(=O)c1ccc(-c2noc(C(F)(F)F)n2)cc1. The summed E-state index contributed by atoms with van der Waals surface area (Å²) < 4.78 is 41.6. The third kappa shape index (κ3) is 5.02. The molecule has 3 N–H and O–H groups in total. The van der Waals surface area contributed by atoms with Gasteiger partial charge in [0.2, 0.25) is 5.82 Å². The summed E-state index contributed by atoms with van der Waals surface area (Å²) in [5.41, 5.74) is 6.33. The summed E-state index contributed by atoms with van der Waals surface area (Å²) in [6, 6.07) is 5.74. The van der Waals surface area contributed by atoms with Crippen LogP contribution in [0.25, 0.3) is 11.4 Å². The van der Waals surface area contributed by atoms with Crippen LogP contribution in [0.4, 0.5) is 13.2 Å². The number of aromatic nitrogens is 2. The van der Waals surface area contributed by atoms with Crippen LogP contribution in [0.5, 0.6) is 0 Å². The lowest BCUT2D eigenvalue weighted by Gasteiger charge is -2.18. The summed E-state index contributed by atoms with van der Waals surface area (Å²) >= 11 is 0. The van der Waals surface area contributed by atoms with E-state index < -0.39 is 12.1 Å². The highest BCUT2D eigenvalue weighted by Crippen LogP contribution is 2.29. The molecule has 2 aromatic rings. The molecule has 1 aromatic heterocycles. The number of alkyl halides is 3. The van der Waals surface area contributed by atoms with Crippen molar-refractivity contribution in [2.24, 2.45) is 11.7 Å². The van der Waals surface area contributed by atoms with Crippen LogP contribution < -0.4 is 11.1 Å². The number of hydrogen-bond donors (Lipinski definition) is 2. The van der Waals surface area contributed by atoms with Gasteiger partial charge in [-0.1, -0.05) is 31.1 Å². The van der Waals surface area contributed by atoms with Crippen LogP contribution in [0.2, 0.25) is 0 Å². The van der Waals surface area contributed by atoms with Crippen molar-refractivity contribution in [2.75, 3.05) is 6.54 Å². The molecule has 1 aromatic carbocycles. The fourth-order valence-corrected chi connectivity index (χ4v) is 2.28. The largest absolute Gasteiger partial charge is 0.471 e. The number of carbonyl (C=O) groups excluding carboxylic acids is 1. The summed E-state index contributed by atoms with van der Waals surface area (Å²) in [7, 11) is 0. The van der Waals surface area contributed by atoms with Crippen LogP contribution >= 0.6 is 0 Å². The van der Waals surface area contributed by atoms with Crippen molar-refractivity contribution in [1.29, 1.82) is 0 Å². The molecule has 2 rings (SSSR count). The van der Waals surface area contributed by atoms with Gasteiger partial charge in [0, 0.05) is 23.7 Å². The molecule has 9 heteroatoms. The lowest BCUT2D eigenvalue weighted by molar-refractivity contribution is -0.159. The van der Waals surface area contributed by atoms with Gasteiger partial charge in [-0.3, -0.25) is 4.79 Å². The maximum atomic E-state index is 12.5. The topological polar surface area (TPSA) is 94.0 Å². The Labute approximate surface area is 142 Å². The summed E-state index contributed by atoms with van der Waals surface area (Å²) in [5.74, 6) is -1.52. The van der Waals surface area contributed by atoms with E-state index in [1.165, 1.54) is 24.3 Å². The molecule has 0 fully saturated rings. The maximum Gasteiger partial charge on any atom is 0.471 e. The number of halogens is 3. The van der Waals surface area contributed by atoms with Gasteiger partial charge in [-0.2, -0.15) is 18.2 Å². The fraction of sp³-hybridized carbons (Fsp3) is 0.438. The zero-order valence-corrected chi connectivity index (χ0v) is 13.8. The quantitative estimate of drug-likeness (QED) is 0.830. The maximum absolute atomic E-state index is 12.5. The van der Waals surface area contributed by atoms with Crippen molar-refractivity contribution in [3.8, 4) is 11.4 Å². The Morgan fingerprint density at radius 1 is 1.28 bits per heavy atom. The van der Waals surface area contributed by atoms with E-state index in [9.17, 15) is 18.0 Å². The van der Waals surface area contributed by atoms with Crippen LogP contribution in [-0.4, -0.2) is 28.6 Å². The second kappa shape index (κ2) is 7.64. The number of nitrogens with zero attached hydrogens (tertiary/aromatic N) is 2. The Hall–Kier alpha value is -2.42. The Bertz CT molecular complexity index is 711. The summed E-state index contributed by atoms with van der Waals surface area (Å²) in [4.78, 5) is 15.5. The fourth-order valence-electron chi connectivity index (χ4n) is 2.28. The highest BCUT2D eigenvalue weighted by Gasteiger charge is 2.38. The zero-order chi connectivity index (χ0) is 18.6. The molecule has 0 radical (unpaired) electrons. The van der Waals surface area contributed by atoms with Crippen molar-refractivity contribution < 1.29 is 22.5 Å². The van der Waals surface area contributed by atoms with Gasteiger partial charge in [-0.05, 0) is 24.5 Å². The van der Waals surface area contributed by atoms with Crippen molar-refractivity contribution in [3.05, 3.63) is 35.7 Å². The van der Waals surface area contributed by atoms with E-state index in [4.69, 9.17) is 5.73 Å². The molecule has 1 amide bonds. The lowest BCUT2D eigenvalue weighted by Crippen LogP contribution is -2.41. The number of nitrogens with two attached hydrogens (primary N) is 1. The monoisotopic (exact) mass is 356 g/mol. The minimum absolute atomic E-state index is 0.140. The van der Waals surface area contributed by atoms with Gasteiger partial charge < -0.3 is 15.6 Å². The first-order chi connectivity index (χ1) is 11.7. The summed E-state index contributed by atoms with van der Waals surface area (Å²) in [6.45, 7) is 4.39. The summed E-state index contributed by atoms with van der Waals surface area (Å²) in [6.07, 6.45) is -3.94. The highest BCUT2D eigenvalue weighted by molar-refractivity contribution is 5.94. The summed E-state index contributed by atoms with van der Waals surface area (Å²) in [5, 5.41) is 6.13. The molecule has 0 aliphatic heterocycles. The molecule has 1 atom stereocenters. The zero-order valence-electron chi connectivity index (χ0n) is 13.8. The van der Waals surface area contributed by atoms with E-state index in [-0.39, 0.29) is 17.8 Å². The van der Waals surface area contributed by atoms with Crippen LogP contribution in [0.15, 0.2) is 28.8 Å². The number of nitrogens with one attached hydrogen (secondary N) is 1. The minimum Gasteiger partial charge on any atom is -0.348 e. The molecule has 1 heterocycles. The van der Waals surface area contributed by atoms with Gasteiger partial charge in [0.15, 0.2) is 0 Å². The van der Waals surface area contributed by atoms with Gasteiger partial charge in [0.05, 0.1) is 0 Å². The van der Waals surface area contributed by atoms with Crippen molar-refractivity contribution in [2.45, 2.75) is 32.5 Å². The second-order valence-electron chi connectivity index (χ2n) is 6.03. The number of hydrogen-bond acceptors (Lipinski definition) is 5. The van der Waals surface area contributed by atoms with Crippen molar-refractivity contribution in [3.63, 3.8) is 0 Å².